The highest BCUT2D eigenvalue weighted by Crippen LogP contribution is 2.27. The Morgan fingerprint density at radius 1 is 0.974 bits per heavy atom. The second-order valence-corrected chi connectivity index (χ2v) is 13.3. The second-order valence-electron chi connectivity index (χ2n) is 11.4. The number of hydrogen-bond acceptors (Lipinski definition) is 6. The van der Waals surface area contributed by atoms with E-state index in [1.807, 2.05) is 23.7 Å². The van der Waals surface area contributed by atoms with Crippen LogP contribution in [0.25, 0.3) is 5.69 Å². The molecule has 39 heavy (non-hydrogen) atoms. The Labute approximate surface area is 232 Å². The van der Waals surface area contributed by atoms with Gasteiger partial charge in [-0.25, -0.2) is 13.1 Å². The lowest BCUT2D eigenvalue weighted by Crippen LogP contribution is -2.44. The lowest BCUT2D eigenvalue weighted by Gasteiger charge is -2.33. The third-order valence-electron chi connectivity index (χ3n) is 8.66. The van der Waals surface area contributed by atoms with Gasteiger partial charge in [0.05, 0.1) is 29.5 Å². The van der Waals surface area contributed by atoms with Crippen LogP contribution in [0.3, 0.4) is 0 Å². The number of amides is 1. The third kappa shape index (κ3) is 6.73. The van der Waals surface area contributed by atoms with Crippen molar-refractivity contribution in [3.8, 4) is 5.69 Å². The molecular weight excluding hydrogens is 514 g/mol. The summed E-state index contributed by atoms with van der Waals surface area (Å²) in [5, 5.41) is 8.09. The van der Waals surface area contributed by atoms with Crippen LogP contribution in [-0.2, 0) is 26.1 Å². The van der Waals surface area contributed by atoms with Gasteiger partial charge in [-0.05, 0) is 69.7 Å². The van der Waals surface area contributed by atoms with Gasteiger partial charge >= 0.3 is 0 Å². The van der Waals surface area contributed by atoms with Crippen molar-refractivity contribution in [3.05, 3.63) is 41.2 Å². The highest BCUT2D eigenvalue weighted by atomic mass is 32.2. The minimum Gasteiger partial charge on any atom is -0.379 e. The maximum Gasteiger partial charge on any atom is 0.243 e. The lowest BCUT2D eigenvalue weighted by atomic mass is 9.86. The van der Waals surface area contributed by atoms with Crippen LogP contribution >= 0.6 is 0 Å². The Morgan fingerprint density at radius 3 is 2.31 bits per heavy atom. The highest BCUT2D eigenvalue weighted by Gasteiger charge is 2.27. The molecule has 3 heterocycles. The molecule has 0 radical (unpaired) electrons. The highest BCUT2D eigenvalue weighted by molar-refractivity contribution is 7.89. The first-order valence-electron chi connectivity index (χ1n) is 14.6. The number of morpholine rings is 1. The predicted molar refractivity (Wildman–Crippen MR) is 150 cm³/mol. The molecule has 3 fully saturated rings. The fourth-order valence-corrected chi connectivity index (χ4v) is 7.66. The van der Waals surface area contributed by atoms with Gasteiger partial charge < -0.3 is 10.1 Å². The van der Waals surface area contributed by atoms with E-state index in [-0.39, 0.29) is 11.9 Å². The third-order valence-corrected chi connectivity index (χ3v) is 10.6. The van der Waals surface area contributed by atoms with Crippen molar-refractivity contribution >= 4 is 15.9 Å². The van der Waals surface area contributed by atoms with Crippen molar-refractivity contribution < 1.29 is 17.9 Å². The van der Waals surface area contributed by atoms with Crippen molar-refractivity contribution in [1.82, 2.24) is 24.3 Å². The van der Waals surface area contributed by atoms with E-state index in [4.69, 9.17) is 9.84 Å². The van der Waals surface area contributed by atoms with E-state index in [0.717, 1.165) is 49.6 Å². The summed E-state index contributed by atoms with van der Waals surface area (Å²) in [5.74, 6) is 0.809. The quantitative estimate of drug-likeness (QED) is 0.533. The van der Waals surface area contributed by atoms with Gasteiger partial charge in [0.2, 0.25) is 15.9 Å². The SMILES string of the molecule is Cc1nn(-c2ccc(S(=O)(=O)N3CCOCC3)cc2)c(C)c1CN1CCC(NC(=O)CC2CCCCC2)CC1. The van der Waals surface area contributed by atoms with Gasteiger partial charge in [-0.15, -0.1) is 0 Å². The molecule has 0 spiro atoms. The van der Waals surface area contributed by atoms with Crippen molar-refractivity contribution in [3.63, 3.8) is 0 Å². The first-order chi connectivity index (χ1) is 18.8. The maximum atomic E-state index is 13.0. The number of aryl methyl sites for hydroxylation is 1. The predicted octanol–water partition coefficient (Wildman–Crippen LogP) is 3.56. The lowest BCUT2D eigenvalue weighted by molar-refractivity contribution is -0.123. The molecule has 0 bridgehead atoms. The molecule has 9 nitrogen and oxygen atoms in total. The molecule has 2 saturated heterocycles. The van der Waals surface area contributed by atoms with Crippen LogP contribution in [0.4, 0.5) is 0 Å². The summed E-state index contributed by atoms with van der Waals surface area (Å²) in [6.07, 6.45) is 8.91. The number of benzene rings is 1. The number of carbonyl (C=O) groups is 1. The van der Waals surface area contributed by atoms with E-state index in [1.165, 1.54) is 42.0 Å². The molecule has 2 aromatic rings. The Balaban J connectivity index is 1.16. The number of sulfonamides is 1. The molecule has 0 unspecified atom stereocenters. The van der Waals surface area contributed by atoms with Crippen LogP contribution in [0, 0.1) is 19.8 Å². The Hall–Kier alpha value is -2.27. The van der Waals surface area contributed by atoms with Crippen LogP contribution in [0.5, 0.6) is 0 Å². The summed E-state index contributed by atoms with van der Waals surface area (Å²) in [7, 11) is -3.52. The monoisotopic (exact) mass is 557 g/mol. The minimum atomic E-state index is -3.52. The molecule has 1 N–H and O–H groups in total. The molecular formula is C29H43N5O4S. The molecule has 10 heteroatoms. The van der Waals surface area contributed by atoms with Crippen molar-refractivity contribution in [2.45, 2.75) is 82.7 Å². The zero-order valence-corrected chi connectivity index (χ0v) is 24.2. The van der Waals surface area contributed by atoms with Gasteiger partial charge in [-0.3, -0.25) is 9.69 Å². The normalized spacial score (nSPS) is 20.8. The molecule has 5 rings (SSSR count). The van der Waals surface area contributed by atoms with Gasteiger partial charge in [0, 0.05) is 56.4 Å². The number of piperidine rings is 1. The Kier molecular flexibility index (Phi) is 9.06. The zero-order chi connectivity index (χ0) is 27.4. The molecule has 1 amide bonds. The average molecular weight is 558 g/mol. The van der Waals surface area contributed by atoms with Crippen molar-refractivity contribution in [2.75, 3.05) is 39.4 Å². The minimum absolute atomic E-state index is 0.233. The zero-order valence-electron chi connectivity index (χ0n) is 23.4. The van der Waals surface area contributed by atoms with Crippen molar-refractivity contribution in [1.29, 1.82) is 0 Å². The van der Waals surface area contributed by atoms with Gasteiger partial charge in [0.15, 0.2) is 0 Å². The number of nitrogens with one attached hydrogen (secondary N) is 1. The number of hydrogen-bond donors (Lipinski definition) is 1. The van der Waals surface area contributed by atoms with E-state index in [0.29, 0.717) is 43.5 Å². The number of nitrogens with zero attached hydrogens (tertiary/aromatic N) is 4. The van der Waals surface area contributed by atoms with Crippen molar-refractivity contribution in [2.24, 2.45) is 5.92 Å². The molecule has 0 atom stereocenters. The number of ether oxygens (including phenoxy) is 1. The van der Waals surface area contributed by atoms with E-state index >= 15 is 0 Å². The van der Waals surface area contributed by atoms with E-state index in [2.05, 4.69) is 17.1 Å². The fraction of sp³-hybridized carbons (Fsp3) is 0.655. The van der Waals surface area contributed by atoms with Gasteiger partial charge in [-0.2, -0.15) is 9.40 Å². The first kappa shape index (κ1) is 28.3. The number of carbonyl (C=O) groups excluding carboxylic acids is 1. The maximum absolute atomic E-state index is 13.0. The van der Waals surface area contributed by atoms with E-state index in [9.17, 15) is 13.2 Å². The van der Waals surface area contributed by atoms with Crippen LogP contribution < -0.4 is 5.32 Å². The molecule has 3 aliphatic rings. The summed E-state index contributed by atoms with van der Waals surface area (Å²) in [4.78, 5) is 15.3. The van der Waals surface area contributed by atoms with Gasteiger partial charge in [-0.1, -0.05) is 19.3 Å². The molecule has 1 aliphatic carbocycles. The standard InChI is InChI=1S/C29H43N5O4S/c1-22-28(21-32-14-12-25(13-15-32)30-29(35)20-24-6-4-3-5-7-24)23(2)34(31-22)26-8-10-27(11-9-26)39(36,37)33-16-18-38-19-17-33/h8-11,24-25H,3-7,12-21H2,1-2H3,(H,30,35). The van der Waals surface area contributed by atoms with Crippen LogP contribution in [0.2, 0.25) is 0 Å². The summed E-state index contributed by atoms with van der Waals surface area (Å²) in [6, 6.07) is 7.28. The largest absolute Gasteiger partial charge is 0.379 e. The van der Waals surface area contributed by atoms with Crippen LogP contribution in [0.15, 0.2) is 29.2 Å². The van der Waals surface area contributed by atoms with Crippen LogP contribution in [0.1, 0.15) is 68.3 Å². The number of aromatic nitrogens is 2. The second kappa shape index (κ2) is 12.5. The number of likely N-dealkylation sites (tertiary alicyclic amines) is 1. The van der Waals surface area contributed by atoms with Gasteiger partial charge in [0.1, 0.15) is 0 Å². The molecule has 2 aliphatic heterocycles. The van der Waals surface area contributed by atoms with E-state index < -0.39 is 10.0 Å². The molecule has 1 aromatic heterocycles. The Bertz CT molecular complexity index is 1220. The first-order valence-corrected chi connectivity index (χ1v) is 16.0. The average Bonchev–Trinajstić information content (AvgIpc) is 3.23. The topological polar surface area (TPSA) is 96.8 Å². The molecule has 1 saturated carbocycles. The smallest absolute Gasteiger partial charge is 0.243 e. The molecule has 1 aromatic carbocycles. The fourth-order valence-electron chi connectivity index (χ4n) is 6.25. The Morgan fingerprint density at radius 2 is 1.64 bits per heavy atom. The van der Waals surface area contributed by atoms with Crippen LogP contribution in [-0.4, -0.2) is 78.7 Å². The summed E-state index contributed by atoms with van der Waals surface area (Å²) < 4.78 is 34.6. The molecule has 214 valence electrons. The van der Waals surface area contributed by atoms with Gasteiger partial charge in [0.25, 0.3) is 0 Å². The summed E-state index contributed by atoms with van der Waals surface area (Å²) in [6.45, 7) is 8.46. The summed E-state index contributed by atoms with van der Waals surface area (Å²) in [5.41, 5.74) is 4.11. The van der Waals surface area contributed by atoms with E-state index in [1.54, 1.807) is 12.1 Å². The summed E-state index contributed by atoms with van der Waals surface area (Å²) >= 11 is 0. The number of rotatable bonds is 8.